The lowest BCUT2D eigenvalue weighted by atomic mass is 9.63. The Bertz CT molecular complexity index is 807. The number of aromatic nitrogens is 3. The molecule has 0 aromatic carbocycles. The lowest BCUT2D eigenvalue weighted by molar-refractivity contribution is -0.117. The summed E-state index contributed by atoms with van der Waals surface area (Å²) in [6.45, 7) is 0. The Morgan fingerprint density at radius 1 is 1.04 bits per heavy atom. The zero-order valence-electron chi connectivity index (χ0n) is 15.4. The zero-order valence-corrected chi connectivity index (χ0v) is 15.4. The molecule has 0 aliphatic heterocycles. The van der Waals surface area contributed by atoms with Crippen molar-refractivity contribution in [1.29, 1.82) is 0 Å². The van der Waals surface area contributed by atoms with Crippen molar-refractivity contribution in [2.75, 3.05) is 5.32 Å². The molecule has 1 N–H and O–H groups in total. The number of nitrogens with zero attached hydrogens (tertiary/aromatic N) is 3. The topological polar surface area (TPSA) is 59.3 Å². The molecule has 0 saturated heterocycles. The number of hydrogen-bond acceptors (Lipinski definition) is 3. The summed E-state index contributed by atoms with van der Waals surface area (Å²) in [5, 5.41) is 7.50. The molecule has 5 rings (SSSR count). The van der Waals surface area contributed by atoms with Gasteiger partial charge in [0.25, 0.3) is 0 Å². The molecule has 3 aliphatic carbocycles. The molecule has 1 spiro atoms. The summed E-state index contributed by atoms with van der Waals surface area (Å²) < 4.78 is 1.96. The third-order valence-electron chi connectivity index (χ3n) is 6.95. The van der Waals surface area contributed by atoms with Gasteiger partial charge in [-0.2, -0.15) is 4.98 Å². The summed E-state index contributed by atoms with van der Waals surface area (Å²) >= 11 is 0. The first-order valence-corrected chi connectivity index (χ1v) is 10.4. The molecule has 3 fully saturated rings. The van der Waals surface area contributed by atoms with Gasteiger partial charge in [-0.15, -0.1) is 5.10 Å². The van der Waals surface area contributed by atoms with Gasteiger partial charge >= 0.3 is 0 Å². The van der Waals surface area contributed by atoms with Gasteiger partial charge in [0.05, 0.1) is 0 Å². The number of amides is 1. The number of carbonyl (C=O) groups excluding carboxylic acids is 1. The quantitative estimate of drug-likeness (QED) is 0.872. The standard InChI is InChI=1S/C21H28N4O/c26-19(16-7-8-16)23-20-22-18-6-4-5-17(25(18)24-20)15-9-13-21(14-10-15)11-2-1-3-12-21/h4-6,15-16H,1-3,7-14H2,(H,23,24,26). The van der Waals surface area contributed by atoms with Crippen molar-refractivity contribution in [3.05, 3.63) is 23.9 Å². The fourth-order valence-electron chi connectivity index (χ4n) is 5.17. The Balaban J connectivity index is 1.35. The maximum atomic E-state index is 12.0. The largest absolute Gasteiger partial charge is 0.293 e. The molecule has 0 bridgehead atoms. The third kappa shape index (κ3) is 3.01. The van der Waals surface area contributed by atoms with Gasteiger partial charge in [0.15, 0.2) is 5.65 Å². The van der Waals surface area contributed by atoms with Crippen LogP contribution in [0.2, 0.25) is 0 Å². The van der Waals surface area contributed by atoms with Crippen LogP contribution in [-0.2, 0) is 4.79 Å². The number of hydrogen-bond donors (Lipinski definition) is 1. The molecule has 0 radical (unpaired) electrons. The van der Waals surface area contributed by atoms with Crippen molar-refractivity contribution < 1.29 is 4.79 Å². The molecule has 5 heteroatoms. The third-order valence-corrected chi connectivity index (χ3v) is 6.95. The van der Waals surface area contributed by atoms with Crippen molar-refractivity contribution >= 4 is 17.5 Å². The number of anilines is 1. The molecule has 2 aromatic rings. The van der Waals surface area contributed by atoms with Crippen LogP contribution in [0.1, 0.15) is 82.2 Å². The van der Waals surface area contributed by atoms with Crippen LogP contribution < -0.4 is 5.32 Å². The van der Waals surface area contributed by atoms with E-state index in [9.17, 15) is 4.79 Å². The van der Waals surface area contributed by atoms with E-state index in [-0.39, 0.29) is 11.8 Å². The predicted molar refractivity (Wildman–Crippen MR) is 101 cm³/mol. The van der Waals surface area contributed by atoms with Crippen LogP contribution in [0, 0.1) is 11.3 Å². The zero-order chi connectivity index (χ0) is 17.6. The van der Waals surface area contributed by atoms with Gasteiger partial charge in [-0.1, -0.05) is 25.3 Å². The fourth-order valence-corrected chi connectivity index (χ4v) is 5.17. The van der Waals surface area contributed by atoms with E-state index in [1.165, 1.54) is 63.5 Å². The molecular formula is C21H28N4O. The Morgan fingerprint density at radius 2 is 1.81 bits per heavy atom. The minimum absolute atomic E-state index is 0.0689. The molecule has 0 atom stereocenters. The molecule has 138 valence electrons. The van der Waals surface area contributed by atoms with Gasteiger partial charge in [0.1, 0.15) is 0 Å². The Labute approximate surface area is 154 Å². The number of pyridine rings is 1. The van der Waals surface area contributed by atoms with Crippen LogP contribution in [0.3, 0.4) is 0 Å². The first-order valence-electron chi connectivity index (χ1n) is 10.4. The number of nitrogens with one attached hydrogen (secondary N) is 1. The molecular weight excluding hydrogens is 324 g/mol. The van der Waals surface area contributed by atoms with Crippen LogP contribution in [0.4, 0.5) is 5.95 Å². The van der Waals surface area contributed by atoms with Crippen LogP contribution in [0.5, 0.6) is 0 Å². The highest BCUT2D eigenvalue weighted by atomic mass is 16.2. The minimum Gasteiger partial charge on any atom is -0.293 e. The Morgan fingerprint density at radius 3 is 2.54 bits per heavy atom. The summed E-state index contributed by atoms with van der Waals surface area (Å²) in [4.78, 5) is 16.5. The first-order chi connectivity index (χ1) is 12.7. The highest BCUT2D eigenvalue weighted by Gasteiger charge is 2.37. The average molecular weight is 352 g/mol. The van der Waals surface area contributed by atoms with Crippen LogP contribution in [0.25, 0.3) is 5.65 Å². The smallest absolute Gasteiger partial charge is 0.249 e. The lowest BCUT2D eigenvalue weighted by Crippen LogP contribution is -2.29. The van der Waals surface area contributed by atoms with E-state index in [0.717, 1.165) is 18.5 Å². The van der Waals surface area contributed by atoms with E-state index >= 15 is 0 Å². The maximum absolute atomic E-state index is 12.0. The highest BCUT2D eigenvalue weighted by molar-refractivity contribution is 5.92. The van der Waals surface area contributed by atoms with Crippen molar-refractivity contribution in [1.82, 2.24) is 14.6 Å². The van der Waals surface area contributed by atoms with E-state index < -0.39 is 0 Å². The molecule has 2 aromatic heterocycles. The van der Waals surface area contributed by atoms with Crippen LogP contribution in [-0.4, -0.2) is 20.5 Å². The van der Waals surface area contributed by atoms with Crippen molar-refractivity contribution in [2.24, 2.45) is 11.3 Å². The SMILES string of the molecule is O=C(Nc1nc2cccc(C3CCC4(CCCCC4)CC3)n2n1)C1CC1. The van der Waals surface area contributed by atoms with Crippen LogP contribution in [0.15, 0.2) is 18.2 Å². The molecule has 0 unspecified atom stereocenters. The van der Waals surface area contributed by atoms with Gasteiger partial charge in [-0.05, 0) is 68.9 Å². The van der Waals surface area contributed by atoms with Crippen molar-refractivity contribution in [3.8, 4) is 0 Å². The predicted octanol–water partition coefficient (Wildman–Crippen LogP) is 4.69. The minimum atomic E-state index is 0.0689. The van der Waals surface area contributed by atoms with Gasteiger partial charge in [0, 0.05) is 17.5 Å². The second kappa shape index (κ2) is 6.36. The monoisotopic (exact) mass is 352 g/mol. The summed E-state index contributed by atoms with van der Waals surface area (Å²) in [6, 6.07) is 6.25. The maximum Gasteiger partial charge on any atom is 0.249 e. The first kappa shape index (κ1) is 16.3. The van der Waals surface area contributed by atoms with E-state index in [2.05, 4.69) is 27.5 Å². The molecule has 2 heterocycles. The van der Waals surface area contributed by atoms with Crippen molar-refractivity contribution in [2.45, 2.75) is 76.5 Å². The van der Waals surface area contributed by atoms with E-state index in [1.807, 2.05) is 10.6 Å². The summed E-state index contributed by atoms with van der Waals surface area (Å²) in [6.07, 6.45) is 14.4. The van der Waals surface area contributed by atoms with E-state index in [4.69, 9.17) is 0 Å². The Hall–Kier alpha value is -1.91. The molecule has 3 aliphatic rings. The molecule has 1 amide bonds. The second-order valence-electron chi connectivity index (χ2n) is 8.75. The van der Waals surface area contributed by atoms with Gasteiger partial charge in [-0.25, -0.2) is 4.52 Å². The van der Waals surface area contributed by atoms with Crippen molar-refractivity contribution in [3.63, 3.8) is 0 Å². The summed E-state index contributed by atoms with van der Waals surface area (Å²) in [7, 11) is 0. The summed E-state index contributed by atoms with van der Waals surface area (Å²) in [5.74, 6) is 1.25. The molecule has 5 nitrogen and oxygen atoms in total. The highest BCUT2D eigenvalue weighted by Crippen LogP contribution is 2.50. The fraction of sp³-hybridized carbons (Fsp3) is 0.667. The molecule has 3 saturated carbocycles. The van der Waals surface area contributed by atoms with E-state index in [0.29, 0.717) is 17.3 Å². The van der Waals surface area contributed by atoms with Crippen LogP contribution >= 0.6 is 0 Å². The van der Waals surface area contributed by atoms with E-state index in [1.54, 1.807) is 0 Å². The Kier molecular flexibility index (Phi) is 3.98. The van der Waals surface area contributed by atoms with Gasteiger partial charge in [-0.3, -0.25) is 10.1 Å². The average Bonchev–Trinajstić information content (AvgIpc) is 3.43. The number of carbonyl (C=O) groups is 1. The normalized spacial score (nSPS) is 23.4. The van der Waals surface area contributed by atoms with Gasteiger partial charge in [0.2, 0.25) is 11.9 Å². The summed E-state index contributed by atoms with van der Waals surface area (Å²) in [5.41, 5.74) is 2.73. The van der Waals surface area contributed by atoms with Gasteiger partial charge < -0.3 is 0 Å². The lowest BCUT2D eigenvalue weighted by Gasteiger charge is -2.43. The molecule has 26 heavy (non-hydrogen) atoms. The number of fused-ring (bicyclic) bond motifs is 1. The number of rotatable bonds is 3. The second-order valence-corrected chi connectivity index (χ2v) is 8.75.